The Labute approximate surface area is 89.9 Å². The maximum absolute atomic E-state index is 10.9. The third-order valence-corrected chi connectivity index (χ3v) is 3.29. The van der Waals surface area contributed by atoms with Gasteiger partial charge in [0.1, 0.15) is 0 Å². The van der Waals surface area contributed by atoms with Crippen molar-refractivity contribution in [1.29, 1.82) is 0 Å². The number of carboxylic acids is 1. The van der Waals surface area contributed by atoms with E-state index >= 15 is 0 Å². The number of carboxylic acid groups (broad SMARTS) is 1. The first-order valence-corrected chi connectivity index (χ1v) is 5.55. The van der Waals surface area contributed by atoms with E-state index in [2.05, 4.69) is 12.1 Å². The molecule has 1 aromatic rings. The highest BCUT2D eigenvalue weighted by molar-refractivity contribution is 5.70. The lowest BCUT2D eigenvalue weighted by molar-refractivity contribution is -0.142. The summed E-state index contributed by atoms with van der Waals surface area (Å²) >= 11 is 0. The Morgan fingerprint density at radius 3 is 2.60 bits per heavy atom. The fourth-order valence-electron chi connectivity index (χ4n) is 2.44. The quantitative estimate of drug-likeness (QED) is 0.804. The summed E-state index contributed by atoms with van der Waals surface area (Å²) in [5.41, 5.74) is 1.29. The largest absolute Gasteiger partial charge is 0.481 e. The van der Waals surface area contributed by atoms with Crippen molar-refractivity contribution in [2.45, 2.75) is 31.6 Å². The Kier molecular flexibility index (Phi) is 3.05. The molecule has 0 heterocycles. The summed E-state index contributed by atoms with van der Waals surface area (Å²) in [6, 6.07) is 10.3. The summed E-state index contributed by atoms with van der Waals surface area (Å²) in [6.07, 6.45) is 3.82. The van der Waals surface area contributed by atoms with E-state index in [1.165, 1.54) is 5.56 Å². The van der Waals surface area contributed by atoms with Gasteiger partial charge in [0.05, 0.1) is 5.92 Å². The molecule has 1 saturated carbocycles. The van der Waals surface area contributed by atoms with Crippen molar-refractivity contribution in [1.82, 2.24) is 0 Å². The fourth-order valence-corrected chi connectivity index (χ4v) is 2.44. The summed E-state index contributed by atoms with van der Waals surface area (Å²) in [5.74, 6) is -0.319. The minimum absolute atomic E-state index is 0.135. The van der Waals surface area contributed by atoms with E-state index in [0.29, 0.717) is 5.92 Å². The van der Waals surface area contributed by atoms with Crippen molar-refractivity contribution in [2.75, 3.05) is 0 Å². The van der Waals surface area contributed by atoms with Crippen LogP contribution in [0.2, 0.25) is 0 Å². The molecular weight excluding hydrogens is 188 g/mol. The molecule has 0 saturated heterocycles. The predicted molar refractivity (Wildman–Crippen MR) is 58.8 cm³/mol. The zero-order valence-electron chi connectivity index (χ0n) is 8.73. The maximum atomic E-state index is 10.9. The van der Waals surface area contributed by atoms with Crippen LogP contribution in [-0.4, -0.2) is 11.1 Å². The predicted octanol–water partition coefficient (Wildman–Crippen LogP) is 3.05. The van der Waals surface area contributed by atoms with Crippen LogP contribution in [0.15, 0.2) is 30.3 Å². The third-order valence-electron chi connectivity index (χ3n) is 3.29. The number of rotatable bonds is 2. The zero-order valence-corrected chi connectivity index (χ0v) is 8.73. The van der Waals surface area contributed by atoms with Crippen molar-refractivity contribution >= 4 is 5.97 Å². The van der Waals surface area contributed by atoms with Crippen LogP contribution in [0.25, 0.3) is 0 Å². The summed E-state index contributed by atoms with van der Waals surface area (Å²) < 4.78 is 0. The van der Waals surface area contributed by atoms with Gasteiger partial charge in [0.15, 0.2) is 0 Å². The molecule has 0 bridgehead atoms. The van der Waals surface area contributed by atoms with Crippen LogP contribution < -0.4 is 0 Å². The molecule has 2 unspecified atom stereocenters. The molecule has 1 N–H and O–H groups in total. The van der Waals surface area contributed by atoms with Crippen LogP contribution >= 0.6 is 0 Å². The molecule has 1 aliphatic rings. The van der Waals surface area contributed by atoms with E-state index in [4.69, 9.17) is 5.11 Å². The van der Waals surface area contributed by atoms with Crippen LogP contribution in [0, 0.1) is 5.92 Å². The standard InChI is InChI=1S/C13H16O2/c14-13(15)12-8-4-7-11(9-12)10-5-2-1-3-6-10/h1-3,5-6,11-12H,4,7-9H2,(H,14,15). The van der Waals surface area contributed by atoms with E-state index in [9.17, 15) is 4.79 Å². The van der Waals surface area contributed by atoms with Crippen LogP contribution in [0.1, 0.15) is 37.2 Å². The first-order chi connectivity index (χ1) is 7.27. The molecule has 2 nitrogen and oxygen atoms in total. The molecule has 0 aliphatic heterocycles. The Hall–Kier alpha value is -1.31. The van der Waals surface area contributed by atoms with Gasteiger partial charge in [-0.2, -0.15) is 0 Å². The molecule has 1 fully saturated rings. The third kappa shape index (κ3) is 2.38. The van der Waals surface area contributed by atoms with Crippen LogP contribution in [0.4, 0.5) is 0 Å². The fraction of sp³-hybridized carbons (Fsp3) is 0.462. The van der Waals surface area contributed by atoms with Crippen molar-refractivity contribution in [3.05, 3.63) is 35.9 Å². The highest BCUT2D eigenvalue weighted by Gasteiger charge is 2.27. The van der Waals surface area contributed by atoms with Gasteiger partial charge in [-0.3, -0.25) is 4.79 Å². The van der Waals surface area contributed by atoms with E-state index in [1.54, 1.807) is 0 Å². The van der Waals surface area contributed by atoms with Crippen molar-refractivity contribution in [3.63, 3.8) is 0 Å². The minimum atomic E-state index is -0.629. The lowest BCUT2D eigenvalue weighted by atomic mass is 9.78. The highest BCUT2D eigenvalue weighted by Crippen LogP contribution is 2.35. The van der Waals surface area contributed by atoms with E-state index in [0.717, 1.165) is 25.7 Å². The zero-order chi connectivity index (χ0) is 10.7. The Balaban J connectivity index is 2.08. The molecule has 1 aromatic carbocycles. The Morgan fingerprint density at radius 1 is 1.20 bits per heavy atom. The van der Waals surface area contributed by atoms with Crippen molar-refractivity contribution < 1.29 is 9.90 Å². The monoisotopic (exact) mass is 204 g/mol. The van der Waals surface area contributed by atoms with Gasteiger partial charge in [0.25, 0.3) is 0 Å². The van der Waals surface area contributed by atoms with Crippen LogP contribution in [0.3, 0.4) is 0 Å². The normalized spacial score (nSPS) is 26.1. The van der Waals surface area contributed by atoms with Crippen LogP contribution in [-0.2, 0) is 4.79 Å². The van der Waals surface area contributed by atoms with E-state index in [-0.39, 0.29) is 5.92 Å². The molecule has 2 heteroatoms. The van der Waals surface area contributed by atoms with Gasteiger partial charge in [0, 0.05) is 0 Å². The van der Waals surface area contributed by atoms with Gasteiger partial charge in [0.2, 0.25) is 0 Å². The van der Waals surface area contributed by atoms with Gasteiger partial charge in [-0.05, 0) is 30.7 Å². The number of hydrogen-bond donors (Lipinski definition) is 1. The summed E-state index contributed by atoms with van der Waals surface area (Å²) in [5, 5.41) is 9.00. The Morgan fingerprint density at radius 2 is 1.93 bits per heavy atom. The van der Waals surface area contributed by atoms with Gasteiger partial charge in [-0.25, -0.2) is 0 Å². The van der Waals surface area contributed by atoms with Crippen LogP contribution in [0.5, 0.6) is 0 Å². The molecule has 0 radical (unpaired) electrons. The van der Waals surface area contributed by atoms with Crippen molar-refractivity contribution in [3.8, 4) is 0 Å². The molecule has 0 aromatic heterocycles. The minimum Gasteiger partial charge on any atom is -0.481 e. The van der Waals surface area contributed by atoms with E-state index in [1.807, 2.05) is 18.2 Å². The molecule has 1 aliphatic carbocycles. The molecular formula is C13H16O2. The van der Waals surface area contributed by atoms with Crippen molar-refractivity contribution in [2.24, 2.45) is 5.92 Å². The first-order valence-electron chi connectivity index (χ1n) is 5.55. The Bertz CT molecular complexity index is 332. The number of benzene rings is 1. The second-order valence-electron chi connectivity index (χ2n) is 4.31. The summed E-state index contributed by atoms with van der Waals surface area (Å²) in [4.78, 5) is 10.9. The summed E-state index contributed by atoms with van der Waals surface area (Å²) in [7, 11) is 0. The highest BCUT2D eigenvalue weighted by atomic mass is 16.4. The molecule has 2 rings (SSSR count). The topological polar surface area (TPSA) is 37.3 Å². The number of hydrogen-bond acceptors (Lipinski definition) is 1. The average Bonchev–Trinajstić information content (AvgIpc) is 2.30. The average molecular weight is 204 g/mol. The van der Waals surface area contributed by atoms with Gasteiger partial charge in [-0.1, -0.05) is 36.8 Å². The maximum Gasteiger partial charge on any atom is 0.306 e. The smallest absolute Gasteiger partial charge is 0.306 e. The lowest BCUT2D eigenvalue weighted by Gasteiger charge is -2.26. The van der Waals surface area contributed by atoms with E-state index < -0.39 is 5.97 Å². The molecule has 0 spiro atoms. The number of carbonyl (C=O) groups is 1. The second kappa shape index (κ2) is 4.47. The summed E-state index contributed by atoms with van der Waals surface area (Å²) in [6.45, 7) is 0. The number of aliphatic carboxylic acids is 1. The SMILES string of the molecule is O=C(O)C1CCCC(c2ccccc2)C1. The molecule has 15 heavy (non-hydrogen) atoms. The second-order valence-corrected chi connectivity index (χ2v) is 4.31. The van der Waals surface area contributed by atoms with Gasteiger partial charge in [-0.15, -0.1) is 0 Å². The van der Waals surface area contributed by atoms with Gasteiger partial charge >= 0.3 is 5.97 Å². The molecule has 0 amide bonds. The molecule has 2 atom stereocenters. The van der Waals surface area contributed by atoms with Gasteiger partial charge < -0.3 is 5.11 Å². The first kappa shape index (κ1) is 10.2. The lowest BCUT2D eigenvalue weighted by Crippen LogP contribution is -2.21. The molecule has 80 valence electrons.